The molecule has 2 heterocycles. The summed E-state index contributed by atoms with van der Waals surface area (Å²) in [6, 6.07) is 3.40. The number of rotatable bonds is 8. The predicted molar refractivity (Wildman–Crippen MR) is 78.6 cm³/mol. The average Bonchev–Trinajstić information content (AvgIpc) is 3.13. The fourth-order valence-corrected chi connectivity index (χ4v) is 2.43. The van der Waals surface area contributed by atoms with Crippen molar-refractivity contribution in [2.24, 2.45) is 5.73 Å². The summed E-state index contributed by atoms with van der Waals surface area (Å²) >= 11 is 1.53. The zero-order chi connectivity index (χ0) is 15.2. The van der Waals surface area contributed by atoms with Gasteiger partial charge in [-0.1, -0.05) is 6.07 Å². The predicted octanol–water partition coefficient (Wildman–Crippen LogP) is 1.12. The number of thiophene rings is 1. The van der Waals surface area contributed by atoms with Gasteiger partial charge in [-0.2, -0.15) is 0 Å². The summed E-state index contributed by atoms with van der Waals surface area (Å²) in [6.45, 7) is 3.14. The molecule has 8 heteroatoms. The van der Waals surface area contributed by atoms with Gasteiger partial charge in [-0.3, -0.25) is 9.69 Å². The number of hydrogen-bond donors (Lipinski definition) is 1. The average molecular weight is 310 g/mol. The van der Waals surface area contributed by atoms with Crippen LogP contribution in [0.4, 0.5) is 0 Å². The summed E-state index contributed by atoms with van der Waals surface area (Å²) in [7, 11) is 1.61. The number of carbonyl (C=O) groups excluding carboxylic acids is 1. The van der Waals surface area contributed by atoms with Crippen molar-refractivity contribution in [3.8, 4) is 10.8 Å². The fraction of sp³-hybridized carbons (Fsp3) is 0.462. The van der Waals surface area contributed by atoms with Crippen molar-refractivity contribution in [3.05, 3.63) is 23.4 Å². The summed E-state index contributed by atoms with van der Waals surface area (Å²) in [5, 5.41) is 9.98. The van der Waals surface area contributed by atoms with Crippen LogP contribution in [0.3, 0.4) is 0 Å². The first-order valence-electron chi connectivity index (χ1n) is 6.50. The lowest BCUT2D eigenvalue weighted by atomic mass is 10.2. The van der Waals surface area contributed by atoms with E-state index in [9.17, 15) is 4.79 Å². The highest BCUT2D eigenvalue weighted by Gasteiger charge is 2.21. The Kier molecular flexibility index (Phi) is 5.43. The first-order valence-corrected chi connectivity index (χ1v) is 7.38. The van der Waals surface area contributed by atoms with E-state index >= 15 is 0 Å². The van der Waals surface area contributed by atoms with Crippen LogP contribution in [0.5, 0.6) is 0 Å². The molecule has 0 aliphatic heterocycles. The highest BCUT2D eigenvalue weighted by Crippen LogP contribution is 2.23. The quantitative estimate of drug-likeness (QED) is 0.785. The van der Waals surface area contributed by atoms with Crippen LogP contribution in [0.1, 0.15) is 12.8 Å². The molecule has 0 unspecified atom stereocenters. The van der Waals surface area contributed by atoms with Crippen molar-refractivity contribution in [2.45, 2.75) is 19.5 Å². The lowest BCUT2D eigenvalue weighted by Gasteiger charge is -2.24. The monoisotopic (exact) mass is 310 g/mol. The molecule has 21 heavy (non-hydrogen) atoms. The molecule has 0 fully saturated rings. The third kappa shape index (κ3) is 4.10. The van der Waals surface area contributed by atoms with Crippen LogP contribution in [0.2, 0.25) is 0 Å². The summed E-state index contributed by atoms with van der Waals surface area (Å²) in [5.41, 5.74) is 5.36. The number of ether oxygens (including phenoxy) is 1. The minimum atomic E-state index is -0.433. The second-order valence-electron chi connectivity index (χ2n) is 4.52. The zero-order valence-corrected chi connectivity index (χ0v) is 12.8. The maximum Gasteiger partial charge on any atom is 0.257 e. The summed E-state index contributed by atoms with van der Waals surface area (Å²) in [5.74, 6) is 0.533. The van der Waals surface area contributed by atoms with E-state index in [0.29, 0.717) is 31.5 Å². The van der Waals surface area contributed by atoms with Crippen LogP contribution in [-0.4, -0.2) is 47.3 Å². The van der Waals surface area contributed by atoms with E-state index in [2.05, 4.69) is 10.2 Å². The number of amides is 1. The maximum atomic E-state index is 11.4. The highest BCUT2D eigenvalue weighted by atomic mass is 32.1. The van der Waals surface area contributed by atoms with Crippen molar-refractivity contribution >= 4 is 17.2 Å². The minimum Gasteiger partial charge on any atom is -0.419 e. The Morgan fingerprint density at radius 3 is 3.00 bits per heavy atom. The maximum absolute atomic E-state index is 11.4. The molecule has 0 bridgehead atoms. The van der Waals surface area contributed by atoms with Gasteiger partial charge in [0.2, 0.25) is 11.8 Å². The molecule has 7 nitrogen and oxygen atoms in total. The van der Waals surface area contributed by atoms with E-state index in [4.69, 9.17) is 14.9 Å². The molecular formula is C13H18N4O3S. The largest absolute Gasteiger partial charge is 0.419 e. The SMILES string of the molecule is COCCN(Cc1nnc(-c2cccs2)o1)[C@@H](C)C(N)=O. The summed E-state index contributed by atoms with van der Waals surface area (Å²) in [4.78, 5) is 14.1. The third-order valence-corrected chi connectivity index (χ3v) is 3.94. The lowest BCUT2D eigenvalue weighted by molar-refractivity contribution is -0.123. The van der Waals surface area contributed by atoms with Gasteiger partial charge in [0.1, 0.15) is 0 Å². The molecule has 2 aromatic heterocycles. The second kappa shape index (κ2) is 7.30. The smallest absolute Gasteiger partial charge is 0.257 e. The molecule has 0 radical (unpaired) electrons. The molecule has 1 atom stereocenters. The van der Waals surface area contributed by atoms with Crippen LogP contribution in [-0.2, 0) is 16.1 Å². The molecular weight excluding hydrogens is 292 g/mol. The van der Waals surface area contributed by atoms with Gasteiger partial charge in [0.05, 0.1) is 24.1 Å². The van der Waals surface area contributed by atoms with E-state index in [1.165, 1.54) is 11.3 Å². The van der Waals surface area contributed by atoms with Gasteiger partial charge in [-0.25, -0.2) is 0 Å². The molecule has 0 saturated carbocycles. The van der Waals surface area contributed by atoms with Crippen molar-refractivity contribution in [1.82, 2.24) is 15.1 Å². The van der Waals surface area contributed by atoms with Crippen LogP contribution >= 0.6 is 11.3 Å². The highest BCUT2D eigenvalue weighted by molar-refractivity contribution is 7.13. The van der Waals surface area contributed by atoms with Crippen molar-refractivity contribution in [3.63, 3.8) is 0 Å². The van der Waals surface area contributed by atoms with Gasteiger partial charge in [0.15, 0.2) is 0 Å². The summed E-state index contributed by atoms with van der Waals surface area (Å²) in [6.07, 6.45) is 0. The van der Waals surface area contributed by atoms with E-state index in [1.54, 1.807) is 14.0 Å². The number of nitrogens with zero attached hydrogens (tertiary/aromatic N) is 3. The molecule has 0 aliphatic rings. The lowest BCUT2D eigenvalue weighted by Crippen LogP contribution is -2.43. The van der Waals surface area contributed by atoms with E-state index in [-0.39, 0.29) is 0 Å². The molecule has 114 valence electrons. The number of hydrogen-bond acceptors (Lipinski definition) is 7. The van der Waals surface area contributed by atoms with Gasteiger partial charge in [-0.05, 0) is 18.4 Å². The van der Waals surface area contributed by atoms with Crippen molar-refractivity contribution < 1.29 is 13.9 Å². The van der Waals surface area contributed by atoms with Crippen LogP contribution in [0, 0.1) is 0 Å². The molecule has 0 spiro atoms. The molecule has 2 aromatic rings. The molecule has 1 amide bonds. The Bertz CT molecular complexity index is 570. The normalized spacial score (nSPS) is 12.7. The zero-order valence-electron chi connectivity index (χ0n) is 12.0. The van der Waals surface area contributed by atoms with E-state index in [0.717, 1.165) is 4.88 Å². The Morgan fingerprint density at radius 1 is 1.57 bits per heavy atom. The Hall–Kier alpha value is -1.77. The molecule has 2 N–H and O–H groups in total. The van der Waals surface area contributed by atoms with Gasteiger partial charge in [0.25, 0.3) is 5.89 Å². The van der Waals surface area contributed by atoms with Gasteiger partial charge < -0.3 is 14.9 Å². The van der Waals surface area contributed by atoms with Crippen LogP contribution < -0.4 is 5.73 Å². The number of methoxy groups -OCH3 is 1. The first-order chi connectivity index (χ1) is 10.1. The minimum absolute atomic E-state index is 0.353. The third-order valence-electron chi connectivity index (χ3n) is 3.08. The Morgan fingerprint density at radius 2 is 2.38 bits per heavy atom. The topological polar surface area (TPSA) is 94.5 Å². The standard InChI is InChI=1S/C13H18N4O3S/c1-9(12(14)18)17(5-6-19-2)8-11-15-16-13(20-11)10-4-3-7-21-10/h3-4,7,9H,5-6,8H2,1-2H3,(H2,14,18)/t9-/m0/s1. The van der Waals surface area contributed by atoms with Gasteiger partial charge in [-0.15, -0.1) is 21.5 Å². The molecule has 0 saturated heterocycles. The van der Waals surface area contributed by atoms with E-state index in [1.807, 2.05) is 22.4 Å². The number of nitrogens with two attached hydrogens (primary N) is 1. The second-order valence-corrected chi connectivity index (χ2v) is 5.47. The fourth-order valence-electron chi connectivity index (χ4n) is 1.79. The molecule has 2 rings (SSSR count). The first kappa shape index (κ1) is 15.6. The van der Waals surface area contributed by atoms with Gasteiger partial charge >= 0.3 is 0 Å². The Balaban J connectivity index is 2.07. The number of aromatic nitrogens is 2. The number of primary amides is 1. The number of carbonyl (C=O) groups is 1. The van der Waals surface area contributed by atoms with Crippen molar-refractivity contribution in [1.29, 1.82) is 0 Å². The van der Waals surface area contributed by atoms with E-state index < -0.39 is 11.9 Å². The van der Waals surface area contributed by atoms with Gasteiger partial charge in [0, 0.05) is 13.7 Å². The summed E-state index contributed by atoms with van der Waals surface area (Å²) < 4.78 is 10.7. The molecule has 0 aromatic carbocycles. The Labute approximate surface area is 126 Å². The van der Waals surface area contributed by atoms with Crippen molar-refractivity contribution in [2.75, 3.05) is 20.3 Å². The van der Waals surface area contributed by atoms with Crippen LogP contribution in [0.25, 0.3) is 10.8 Å². The molecule has 0 aliphatic carbocycles. The van der Waals surface area contributed by atoms with Crippen LogP contribution in [0.15, 0.2) is 21.9 Å².